The number of carbonyl (C=O) groups excluding carboxylic acids is 1. The third-order valence-electron chi connectivity index (χ3n) is 14.9. The molecule has 4 fully saturated rings. The molecule has 0 bridgehead atoms. The molecular formula is C46H87N3O11. The summed E-state index contributed by atoms with van der Waals surface area (Å²) in [6.07, 6.45) is -2.42. The molecule has 60 heavy (non-hydrogen) atoms. The smallest absolute Gasteiger partial charge is 0.311 e. The number of ether oxygens (including phenoxy) is 6. The van der Waals surface area contributed by atoms with Crippen LogP contribution in [0.1, 0.15) is 128 Å². The number of cyclic esters (lactones) is 1. The van der Waals surface area contributed by atoms with Gasteiger partial charge in [-0.2, -0.15) is 0 Å². The van der Waals surface area contributed by atoms with Gasteiger partial charge >= 0.3 is 5.97 Å². The van der Waals surface area contributed by atoms with Crippen molar-refractivity contribution in [2.45, 2.75) is 212 Å². The average Bonchev–Trinajstić information content (AvgIpc) is 4.00. The Labute approximate surface area is 362 Å². The number of nitrogens with zero attached hydrogens (tertiary/aromatic N) is 2. The maximum absolute atomic E-state index is 14.6. The molecule has 5 N–H and O–H groups in total. The minimum Gasteiger partial charge on any atom is -0.459 e. The Hall–Kier alpha value is -1.01. The monoisotopic (exact) mass is 858 g/mol. The predicted molar refractivity (Wildman–Crippen MR) is 231 cm³/mol. The number of aliphatic hydroxyl groups excluding tert-OH is 2. The Morgan fingerprint density at radius 2 is 1.60 bits per heavy atom. The first-order valence-corrected chi connectivity index (χ1v) is 23.2. The summed E-state index contributed by atoms with van der Waals surface area (Å²) in [6, 6.07) is -0.186. The highest BCUT2D eigenvalue weighted by Gasteiger charge is 2.58. The number of rotatable bonds is 13. The molecule has 0 amide bonds. The molecule has 17 atom stereocenters. The summed E-state index contributed by atoms with van der Waals surface area (Å²) in [5.74, 6) is -1.77. The number of hydrogen-bond donors (Lipinski definition) is 5. The molecular weight excluding hydrogens is 771 g/mol. The van der Waals surface area contributed by atoms with Crippen molar-refractivity contribution in [2.24, 2.45) is 29.1 Å². The Kier molecular flexibility index (Phi) is 18.0. The lowest BCUT2D eigenvalue weighted by Crippen LogP contribution is -2.70. The second kappa shape index (κ2) is 20.9. The number of carbonyl (C=O) groups is 1. The summed E-state index contributed by atoms with van der Waals surface area (Å²) >= 11 is 0. The summed E-state index contributed by atoms with van der Waals surface area (Å²) in [4.78, 5) is 18.9. The normalized spacial score (nSPS) is 45.5. The minimum atomic E-state index is -1.74. The van der Waals surface area contributed by atoms with Crippen molar-refractivity contribution >= 4 is 5.97 Å². The minimum absolute atomic E-state index is 0.0152. The van der Waals surface area contributed by atoms with Crippen molar-refractivity contribution in [3.63, 3.8) is 0 Å². The number of nitrogens with one attached hydrogen (secondary N) is 1. The van der Waals surface area contributed by atoms with Crippen LogP contribution in [0.5, 0.6) is 0 Å². The van der Waals surface area contributed by atoms with Gasteiger partial charge in [0, 0.05) is 44.6 Å². The van der Waals surface area contributed by atoms with Crippen LogP contribution >= 0.6 is 0 Å². The van der Waals surface area contributed by atoms with Gasteiger partial charge in [0.2, 0.25) is 0 Å². The van der Waals surface area contributed by atoms with Crippen molar-refractivity contribution in [1.82, 2.24) is 15.1 Å². The van der Waals surface area contributed by atoms with E-state index in [0.29, 0.717) is 25.3 Å². The SMILES string of the molecule is CCCN1C[C@H](C)[C@@H](O)[C@](C)(O)[C@@H](CC)OC(=O)[C@H](C)[C@H](O[C@@H]2C[C@](C)(OC)[C@@](O)(CNCC3CC3)[C@H](C)O2)[C@H](C)[C@@H](O[C@@H]2O[C@H](C)C[C@H](N(C)C)[C@H]2O)C(C)(C)C[C@H]1C. The number of likely N-dealkylation sites (N-methyl/N-ethyl adjacent to an activating group) is 1. The first kappa shape index (κ1) is 51.6. The van der Waals surface area contributed by atoms with Crippen molar-refractivity contribution in [3.8, 4) is 0 Å². The lowest BCUT2D eigenvalue weighted by Gasteiger charge is -2.54. The maximum Gasteiger partial charge on any atom is 0.311 e. The Morgan fingerprint density at radius 1 is 0.950 bits per heavy atom. The molecule has 3 aliphatic heterocycles. The molecule has 352 valence electrons. The summed E-state index contributed by atoms with van der Waals surface area (Å²) in [5.41, 5.74) is -4.80. The Morgan fingerprint density at radius 3 is 2.17 bits per heavy atom. The molecule has 14 nitrogen and oxygen atoms in total. The first-order valence-electron chi connectivity index (χ1n) is 23.2. The van der Waals surface area contributed by atoms with Crippen LogP contribution in [0, 0.1) is 29.1 Å². The zero-order chi connectivity index (χ0) is 45.1. The molecule has 14 heteroatoms. The fourth-order valence-corrected chi connectivity index (χ4v) is 10.7. The van der Waals surface area contributed by atoms with E-state index in [1.807, 2.05) is 60.5 Å². The number of hydrogen-bond acceptors (Lipinski definition) is 14. The fraction of sp³-hybridized carbons (Fsp3) is 0.978. The second-order valence-electron chi connectivity index (χ2n) is 20.7. The molecule has 0 aromatic heterocycles. The lowest BCUT2D eigenvalue weighted by molar-refractivity contribution is -0.334. The summed E-state index contributed by atoms with van der Waals surface area (Å²) in [7, 11) is 5.48. The molecule has 4 rings (SSSR count). The van der Waals surface area contributed by atoms with Gasteiger partial charge in [-0.15, -0.1) is 0 Å². The van der Waals surface area contributed by atoms with Crippen molar-refractivity contribution in [3.05, 3.63) is 0 Å². The fourth-order valence-electron chi connectivity index (χ4n) is 10.7. The third-order valence-corrected chi connectivity index (χ3v) is 14.9. The molecule has 1 aliphatic carbocycles. The molecule has 1 saturated carbocycles. The molecule has 0 aromatic rings. The zero-order valence-corrected chi connectivity index (χ0v) is 40.0. The van der Waals surface area contributed by atoms with Crippen LogP contribution < -0.4 is 5.32 Å². The van der Waals surface area contributed by atoms with Crippen LogP contribution in [0.2, 0.25) is 0 Å². The molecule has 3 heterocycles. The standard InChI is InChI=1S/C46H87N3O11/c1-16-20-49-25-27(3)39(51)45(12,53)35(17-2)58-41(52)31(7)38(59-36-23-44(11,55-15)46(54,32(8)57-36)26-47-24-33-18-19-33)30(6)40(43(9,10)22-28(49)4)60-42-37(50)34(48(13)14)21-29(5)56-42/h27-40,42,47,50-51,53-54H,16-26H2,1-15H3/t27-,28+,29+,30-,31+,32-,34-,35+,36+,37+,38+,39+,40+,42-,44-,45+,46+/m0/s1. The van der Waals surface area contributed by atoms with E-state index in [-0.39, 0.29) is 43.5 Å². The van der Waals surface area contributed by atoms with Gasteiger partial charge in [-0.3, -0.25) is 4.79 Å². The van der Waals surface area contributed by atoms with E-state index in [9.17, 15) is 25.2 Å². The van der Waals surface area contributed by atoms with Crippen molar-refractivity contribution < 1.29 is 53.6 Å². The molecule has 4 aliphatic rings. The number of aliphatic hydroxyl groups is 4. The molecule has 3 saturated heterocycles. The van der Waals surface area contributed by atoms with Crippen LogP contribution in [0.15, 0.2) is 0 Å². The average molecular weight is 858 g/mol. The number of esters is 1. The van der Waals surface area contributed by atoms with Crippen LogP contribution in [0.4, 0.5) is 0 Å². The van der Waals surface area contributed by atoms with Crippen LogP contribution in [-0.2, 0) is 33.2 Å². The van der Waals surface area contributed by atoms with Gasteiger partial charge in [0.15, 0.2) is 12.6 Å². The van der Waals surface area contributed by atoms with Crippen LogP contribution in [0.3, 0.4) is 0 Å². The van der Waals surface area contributed by atoms with Gasteiger partial charge in [0.05, 0.1) is 36.4 Å². The largest absolute Gasteiger partial charge is 0.459 e. The molecule has 0 unspecified atom stereocenters. The van der Waals surface area contributed by atoms with E-state index >= 15 is 0 Å². The van der Waals surface area contributed by atoms with Gasteiger partial charge < -0.3 is 64.0 Å². The topological polar surface area (TPSA) is 172 Å². The van der Waals surface area contributed by atoms with Gasteiger partial charge in [0.1, 0.15) is 29.0 Å². The van der Waals surface area contributed by atoms with Crippen LogP contribution in [0.25, 0.3) is 0 Å². The molecule has 0 spiro atoms. The van der Waals surface area contributed by atoms with E-state index in [1.54, 1.807) is 21.0 Å². The van der Waals surface area contributed by atoms with Crippen molar-refractivity contribution in [1.29, 1.82) is 0 Å². The second-order valence-corrected chi connectivity index (χ2v) is 20.7. The number of methoxy groups -OCH3 is 1. The highest BCUT2D eigenvalue weighted by molar-refractivity contribution is 5.73. The highest BCUT2D eigenvalue weighted by Crippen LogP contribution is 2.45. The van der Waals surface area contributed by atoms with Gasteiger partial charge in [-0.1, -0.05) is 41.5 Å². The maximum atomic E-state index is 14.6. The van der Waals surface area contributed by atoms with E-state index < -0.39 is 89.2 Å². The van der Waals surface area contributed by atoms with E-state index in [2.05, 4.69) is 37.9 Å². The zero-order valence-electron chi connectivity index (χ0n) is 40.0. The lowest BCUT2D eigenvalue weighted by atomic mass is 9.72. The van der Waals surface area contributed by atoms with E-state index in [4.69, 9.17) is 28.4 Å². The van der Waals surface area contributed by atoms with E-state index in [0.717, 1.165) is 19.5 Å². The third kappa shape index (κ3) is 11.6. The molecule has 0 aromatic carbocycles. The highest BCUT2D eigenvalue weighted by atomic mass is 16.7. The Bertz CT molecular complexity index is 1350. The van der Waals surface area contributed by atoms with E-state index in [1.165, 1.54) is 12.8 Å². The summed E-state index contributed by atoms with van der Waals surface area (Å²) in [5, 5.41) is 51.2. The van der Waals surface area contributed by atoms with Gasteiger partial charge in [-0.25, -0.2) is 0 Å². The quantitative estimate of drug-likeness (QED) is 0.166. The first-order chi connectivity index (χ1) is 27.9. The van der Waals surface area contributed by atoms with Gasteiger partial charge in [0.25, 0.3) is 0 Å². The summed E-state index contributed by atoms with van der Waals surface area (Å²) < 4.78 is 39.5. The van der Waals surface area contributed by atoms with Crippen LogP contribution in [-0.4, -0.2) is 168 Å². The summed E-state index contributed by atoms with van der Waals surface area (Å²) in [6.45, 7) is 25.8. The molecule has 0 radical (unpaired) electrons. The predicted octanol–water partition coefficient (Wildman–Crippen LogP) is 4.33. The Balaban J connectivity index is 1.82. The van der Waals surface area contributed by atoms with Gasteiger partial charge in [-0.05, 0) is 125 Å². The van der Waals surface area contributed by atoms with Crippen molar-refractivity contribution in [2.75, 3.05) is 47.4 Å².